The maximum Gasteiger partial charge on any atom is 0.287 e. The Morgan fingerprint density at radius 3 is 2.53 bits per heavy atom. The van der Waals surface area contributed by atoms with Gasteiger partial charge in [0.2, 0.25) is 5.91 Å². The fourth-order valence-electron chi connectivity index (χ4n) is 3.34. The van der Waals surface area contributed by atoms with E-state index in [1.807, 2.05) is 66.2 Å². The van der Waals surface area contributed by atoms with Crippen LogP contribution in [0.25, 0.3) is 11.0 Å². The predicted molar refractivity (Wildman–Crippen MR) is 113 cm³/mol. The van der Waals surface area contributed by atoms with Gasteiger partial charge in [-0.1, -0.05) is 42.5 Å². The molecule has 1 unspecified atom stereocenters. The summed E-state index contributed by atoms with van der Waals surface area (Å²) < 4.78 is 7.10. The van der Waals surface area contributed by atoms with Crippen molar-refractivity contribution in [2.45, 2.75) is 19.0 Å². The van der Waals surface area contributed by atoms with Gasteiger partial charge in [0.05, 0.1) is 23.8 Å². The molecule has 0 aliphatic carbocycles. The van der Waals surface area contributed by atoms with Gasteiger partial charge in [0.15, 0.2) is 5.76 Å². The van der Waals surface area contributed by atoms with E-state index in [9.17, 15) is 9.59 Å². The Morgan fingerprint density at radius 2 is 1.80 bits per heavy atom. The second-order valence-corrected chi connectivity index (χ2v) is 6.99. The number of rotatable bonds is 7. The predicted octanol–water partition coefficient (Wildman–Crippen LogP) is 2.82. The van der Waals surface area contributed by atoms with Crippen molar-refractivity contribution in [1.29, 1.82) is 0 Å². The summed E-state index contributed by atoms with van der Waals surface area (Å²) in [6.07, 6.45) is 1.79. The maximum atomic E-state index is 13.0. The van der Waals surface area contributed by atoms with Gasteiger partial charge in [-0.25, -0.2) is 4.98 Å². The van der Waals surface area contributed by atoms with Gasteiger partial charge in [0.1, 0.15) is 11.9 Å². The van der Waals surface area contributed by atoms with Crippen LogP contribution in [0.2, 0.25) is 0 Å². The molecule has 152 valence electrons. The van der Waals surface area contributed by atoms with E-state index >= 15 is 0 Å². The number of hydrogen-bond donors (Lipinski definition) is 2. The highest BCUT2D eigenvalue weighted by atomic mass is 16.3. The minimum Gasteiger partial charge on any atom is -0.459 e. The lowest BCUT2D eigenvalue weighted by atomic mass is 10.1. The molecule has 7 heteroatoms. The monoisotopic (exact) mass is 402 g/mol. The number of fused-ring (bicyclic) bond motifs is 1. The van der Waals surface area contributed by atoms with E-state index in [0.29, 0.717) is 6.42 Å². The average molecular weight is 402 g/mol. The van der Waals surface area contributed by atoms with Crippen molar-refractivity contribution in [2.24, 2.45) is 7.05 Å². The number of aromatic nitrogens is 2. The van der Waals surface area contributed by atoms with Crippen LogP contribution in [0.3, 0.4) is 0 Å². The molecule has 1 atom stereocenters. The van der Waals surface area contributed by atoms with Crippen LogP contribution in [-0.4, -0.2) is 27.4 Å². The Labute approximate surface area is 173 Å². The molecule has 0 fully saturated rings. The van der Waals surface area contributed by atoms with Crippen LogP contribution in [0.4, 0.5) is 0 Å². The summed E-state index contributed by atoms with van der Waals surface area (Å²) in [6.45, 7) is 0.256. The second kappa shape index (κ2) is 8.65. The van der Waals surface area contributed by atoms with Crippen LogP contribution in [0, 0.1) is 0 Å². The van der Waals surface area contributed by atoms with Crippen molar-refractivity contribution in [3.05, 3.63) is 90.1 Å². The van der Waals surface area contributed by atoms with Gasteiger partial charge in [-0.05, 0) is 29.8 Å². The Hall–Kier alpha value is -3.87. The van der Waals surface area contributed by atoms with E-state index < -0.39 is 11.9 Å². The standard InChI is InChI=1S/C23H22N4O3/c1-27-19-11-6-5-10-17(19)25-21(27)15-24-22(28)18(14-16-8-3-2-4-9-16)26-23(29)20-12-7-13-30-20/h2-13,18H,14-15H2,1H3,(H,24,28)(H,26,29). The van der Waals surface area contributed by atoms with E-state index in [-0.39, 0.29) is 18.2 Å². The van der Waals surface area contributed by atoms with Gasteiger partial charge in [0.25, 0.3) is 5.91 Å². The number of amides is 2. The SMILES string of the molecule is Cn1c(CNC(=O)C(Cc2ccccc2)NC(=O)c2ccco2)nc2ccccc21. The maximum absolute atomic E-state index is 13.0. The molecule has 2 amide bonds. The third-order valence-corrected chi connectivity index (χ3v) is 4.95. The molecule has 30 heavy (non-hydrogen) atoms. The lowest BCUT2D eigenvalue weighted by Gasteiger charge is -2.18. The topological polar surface area (TPSA) is 89.2 Å². The Balaban J connectivity index is 1.49. The lowest BCUT2D eigenvalue weighted by Crippen LogP contribution is -2.48. The summed E-state index contributed by atoms with van der Waals surface area (Å²) in [5, 5.41) is 5.68. The first-order valence-electron chi connectivity index (χ1n) is 9.68. The van der Waals surface area contributed by atoms with E-state index in [1.165, 1.54) is 6.26 Å². The number of carbonyl (C=O) groups excluding carboxylic acids is 2. The first kappa shape index (κ1) is 19.4. The highest BCUT2D eigenvalue weighted by molar-refractivity contribution is 5.95. The zero-order chi connectivity index (χ0) is 20.9. The van der Waals surface area contributed by atoms with Gasteiger partial charge in [-0.15, -0.1) is 0 Å². The van der Waals surface area contributed by atoms with Gasteiger partial charge in [-0.3, -0.25) is 9.59 Å². The molecule has 4 aromatic rings. The van der Waals surface area contributed by atoms with E-state index in [0.717, 1.165) is 22.4 Å². The number of imidazole rings is 1. The van der Waals surface area contributed by atoms with Crippen molar-refractivity contribution in [3.8, 4) is 0 Å². The fraction of sp³-hybridized carbons (Fsp3) is 0.174. The van der Waals surface area contributed by atoms with Crippen molar-refractivity contribution in [3.63, 3.8) is 0 Å². The van der Waals surface area contributed by atoms with Gasteiger partial charge >= 0.3 is 0 Å². The van der Waals surface area contributed by atoms with E-state index in [1.54, 1.807) is 12.1 Å². The van der Waals surface area contributed by atoms with Crippen LogP contribution in [0.5, 0.6) is 0 Å². The van der Waals surface area contributed by atoms with Crippen LogP contribution < -0.4 is 10.6 Å². The largest absolute Gasteiger partial charge is 0.459 e. The minimum absolute atomic E-state index is 0.163. The smallest absolute Gasteiger partial charge is 0.287 e. The molecular formula is C23H22N4O3. The van der Waals surface area contributed by atoms with Crippen molar-refractivity contribution in [1.82, 2.24) is 20.2 Å². The third-order valence-electron chi connectivity index (χ3n) is 4.95. The summed E-state index contributed by atoms with van der Waals surface area (Å²) in [5.74, 6) is 0.182. The van der Waals surface area contributed by atoms with E-state index in [2.05, 4.69) is 15.6 Å². The normalized spacial score (nSPS) is 11.9. The molecule has 0 saturated carbocycles. The minimum atomic E-state index is -0.750. The molecule has 7 nitrogen and oxygen atoms in total. The summed E-state index contributed by atoms with van der Waals surface area (Å²) in [6, 6.07) is 19.8. The number of nitrogens with zero attached hydrogens (tertiary/aromatic N) is 2. The molecule has 2 heterocycles. The molecule has 4 rings (SSSR count). The van der Waals surface area contributed by atoms with Gasteiger partial charge in [-0.2, -0.15) is 0 Å². The quantitative estimate of drug-likeness (QED) is 0.497. The van der Waals surface area contributed by atoms with Crippen molar-refractivity contribution < 1.29 is 14.0 Å². The summed E-state index contributed by atoms with van der Waals surface area (Å²) >= 11 is 0. The van der Waals surface area contributed by atoms with Crippen molar-refractivity contribution >= 4 is 22.8 Å². The van der Waals surface area contributed by atoms with Crippen molar-refractivity contribution in [2.75, 3.05) is 0 Å². The van der Waals surface area contributed by atoms with Gasteiger partial charge in [0, 0.05) is 13.5 Å². The molecule has 2 aromatic carbocycles. The Kier molecular flexibility index (Phi) is 5.61. The Morgan fingerprint density at radius 1 is 1.03 bits per heavy atom. The van der Waals surface area contributed by atoms with Gasteiger partial charge < -0.3 is 19.6 Å². The first-order chi connectivity index (χ1) is 14.6. The molecule has 0 aliphatic heterocycles. The third kappa shape index (κ3) is 4.25. The lowest BCUT2D eigenvalue weighted by molar-refractivity contribution is -0.123. The molecule has 0 bridgehead atoms. The number of carbonyl (C=O) groups is 2. The highest BCUT2D eigenvalue weighted by Gasteiger charge is 2.23. The van der Waals surface area contributed by atoms with E-state index in [4.69, 9.17) is 4.42 Å². The average Bonchev–Trinajstić information content (AvgIpc) is 3.41. The second-order valence-electron chi connectivity index (χ2n) is 6.99. The zero-order valence-corrected chi connectivity index (χ0v) is 16.5. The Bertz CT molecular complexity index is 1150. The zero-order valence-electron chi connectivity index (χ0n) is 16.5. The summed E-state index contributed by atoms with van der Waals surface area (Å²) in [5.41, 5.74) is 2.81. The fourth-order valence-corrected chi connectivity index (χ4v) is 3.34. The first-order valence-corrected chi connectivity index (χ1v) is 9.68. The molecule has 0 spiro atoms. The molecule has 2 N–H and O–H groups in total. The number of nitrogens with one attached hydrogen (secondary N) is 2. The molecule has 0 aliphatic rings. The highest BCUT2D eigenvalue weighted by Crippen LogP contribution is 2.14. The molecule has 0 saturated heterocycles. The number of furan rings is 1. The van der Waals surface area contributed by atoms with Crippen LogP contribution in [0.1, 0.15) is 21.9 Å². The number of para-hydroxylation sites is 2. The van der Waals surface area contributed by atoms with Crippen LogP contribution in [0.15, 0.2) is 77.4 Å². The van der Waals surface area contributed by atoms with Crippen LogP contribution in [-0.2, 0) is 24.8 Å². The summed E-state index contributed by atoms with van der Waals surface area (Å²) in [7, 11) is 1.91. The summed E-state index contributed by atoms with van der Waals surface area (Å²) in [4.78, 5) is 30.0. The number of hydrogen-bond acceptors (Lipinski definition) is 4. The molecule has 2 aromatic heterocycles. The number of aryl methyl sites for hydroxylation is 1. The molecular weight excluding hydrogens is 380 g/mol. The molecule has 0 radical (unpaired) electrons. The van der Waals surface area contributed by atoms with Crippen LogP contribution >= 0.6 is 0 Å². The number of benzene rings is 2.